The first-order valence-corrected chi connectivity index (χ1v) is 12.3. The van der Waals surface area contributed by atoms with Crippen LogP contribution in [0.5, 0.6) is 0 Å². The number of urea groups is 1. The standard InChI is InChI=1S/C25H37N5O3/c1-27-24(33)30(23(32)25(27)11-6-3-7-12-25)20-22(31)26-13-8-14-28-15-17-29(18-16-28)19-21-9-4-2-5-10-21/h2,4-5,9-10H,3,6-8,11-20H2,1H3,(H,26,31). The molecule has 33 heavy (non-hydrogen) atoms. The summed E-state index contributed by atoms with van der Waals surface area (Å²) in [6, 6.07) is 10.2. The van der Waals surface area contributed by atoms with Crippen LogP contribution in [0, 0.1) is 0 Å². The molecule has 8 nitrogen and oxygen atoms in total. The number of nitrogens with zero attached hydrogens (tertiary/aromatic N) is 4. The number of imide groups is 1. The van der Waals surface area contributed by atoms with Gasteiger partial charge in [0.25, 0.3) is 5.91 Å². The van der Waals surface area contributed by atoms with E-state index in [-0.39, 0.29) is 24.4 Å². The maximum absolute atomic E-state index is 13.0. The Morgan fingerprint density at radius 2 is 1.64 bits per heavy atom. The van der Waals surface area contributed by atoms with Crippen molar-refractivity contribution in [3.05, 3.63) is 35.9 Å². The van der Waals surface area contributed by atoms with Crippen molar-refractivity contribution in [2.24, 2.45) is 0 Å². The highest BCUT2D eigenvalue weighted by atomic mass is 16.2. The van der Waals surface area contributed by atoms with Gasteiger partial charge in [0.05, 0.1) is 0 Å². The summed E-state index contributed by atoms with van der Waals surface area (Å²) in [6.45, 7) is 6.48. The van der Waals surface area contributed by atoms with Crippen molar-refractivity contribution in [3.8, 4) is 0 Å². The van der Waals surface area contributed by atoms with Crippen LogP contribution in [0.3, 0.4) is 0 Å². The third-order valence-electron chi connectivity index (χ3n) is 7.47. The fourth-order valence-corrected chi connectivity index (χ4v) is 5.41. The van der Waals surface area contributed by atoms with Crippen LogP contribution in [-0.2, 0) is 16.1 Å². The average Bonchev–Trinajstić information content (AvgIpc) is 3.00. The molecule has 0 bridgehead atoms. The summed E-state index contributed by atoms with van der Waals surface area (Å²) in [5.74, 6) is -0.455. The molecule has 4 rings (SSSR count). The second kappa shape index (κ2) is 10.7. The number of hydrogen-bond acceptors (Lipinski definition) is 5. The Balaban J connectivity index is 1.14. The molecule has 2 saturated heterocycles. The summed E-state index contributed by atoms with van der Waals surface area (Å²) < 4.78 is 0. The Bertz CT molecular complexity index is 832. The average molecular weight is 456 g/mol. The Labute approximate surface area is 196 Å². The summed E-state index contributed by atoms with van der Waals surface area (Å²) in [6.07, 6.45) is 5.25. The van der Waals surface area contributed by atoms with Crippen LogP contribution in [0.15, 0.2) is 30.3 Å². The summed E-state index contributed by atoms with van der Waals surface area (Å²) >= 11 is 0. The molecule has 1 aromatic carbocycles. The normalized spacial score (nSPS) is 21.7. The highest BCUT2D eigenvalue weighted by Gasteiger charge is 2.55. The van der Waals surface area contributed by atoms with Gasteiger partial charge in [0, 0.05) is 46.3 Å². The smallest absolute Gasteiger partial charge is 0.327 e. The van der Waals surface area contributed by atoms with Crippen molar-refractivity contribution in [1.29, 1.82) is 0 Å². The fourth-order valence-electron chi connectivity index (χ4n) is 5.41. The van der Waals surface area contributed by atoms with Crippen molar-refractivity contribution in [2.75, 3.05) is 52.9 Å². The highest BCUT2D eigenvalue weighted by Crippen LogP contribution is 2.39. The van der Waals surface area contributed by atoms with Gasteiger partial charge in [-0.15, -0.1) is 0 Å². The lowest BCUT2D eigenvalue weighted by Crippen LogP contribution is -2.49. The van der Waals surface area contributed by atoms with E-state index in [1.165, 1.54) is 5.56 Å². The Hall–Kier alpha value is -2.45. The zero-order valence-corrected chi connectivity index (χ0v) is 19.8. The predicted molar refractivity (Wildman–Crippen MR) is 126 cm³/mol. The summed E-state index contributed by atoms with van der Waals surface area (Å²) in [5.41, 5.74) is 0.627. The molecule has 2 aliphatic heterocycles. The molecule has 180 valence electrons. The molecule has 0 atom stereocenters. The number of benzene rings is 1. The van der Waals surface area contributed by atoms with E-state index in [1.54, 1.807) is 11.9 Å². The van der Waals surface area contributed by atoms with E-state index in [1.807, 2.05) is 6.07 Å². The number of nitrogens with one attached hydrogen (secondary N) is 1. The predicted octanol–water partition coefficient (Wildman–Crippen LogP) is 1.91. The van der Waals surface area contributed by atoms with Gasteiger partial charge in [0.1, 0.15) is 12.1 Å². The second-order valence-corrected chi connectivity index (χ2v) is 9.63. The Morgan fingerprint density at radius 3 is 2.33 bits per heavy atom. The number of carbonyl (C=O) groups excluding carboxylic acids is 3. The number of amides is 4. The zero-order chi connectivity index (χ0) is 23.3. The van der Waals surface area contributed by atoms with Crippen LogP contribution in [0.1, 0.15) is 44.1 Å². The van der Waals surface area contributed by atoms with Crippen LogP contribution in [0.2, 0.25) is 0 Å². The van der Waals surface area contributed by atoms with Gasteiger partial charge in [0.2, 0.25) is 5.91 Å². The summed E-state index contributed by atoms with van der Waals surface area (Å²) in [7, 11) is 1.70. The maximum atomic E-state index is 13.0. The molecule has 3 aliphatic rings. The van der Waals surface area contributed by atoms with Gasteiger partial charge < -0.3 is 15.1 Å². The molecule has 3 fully saturated rings. The highest BCUT2D eigenvalue weighted by molar-refractivity contribution is 6.08. The van der Waals surface area contributed by atoms with E-state index in [0.29, 0.717) is 19.4 Å². The Morgan fingerprint density at radius 1 is 0.970 bits per heavy atom. The SMILES string of the molecule is CN1C(=O)N(CC(=O)NCCCN2CCN(Cc3ccccc3)CC2)C(=O)C12CCCCC2. The summed E-state index contributed by atoms with van der Waals surface area (Å²) in [4.78, 5) is 45.7. The minimum Gasteiger partial charge on any atom is -0.354 e. The quantitative estimate of drug-likeness (QED) is 0.479. The van der Waals surface area contributed by atoms with Crippen LogP contribution >= 0.6 is 0 Å². The van der Waals surface area contributed by atoms with E-state index in [2.05, 4.69) is 39.4 Å². The first-order chi connectivity index (χ1) is 16.0. The van der Waals surface area contributed by atoms with Crippen molar-refractivity contribution in [1.82, 2.24) is 24.9 Å². The van der Waals surface area contributed by atoms with Crippen LogP contribution in [-0.4, -0.2) is 95.8 Å². The van der Waals surface area contributed by atoms with Crippen molar-refractivity contribution in [2.45, 2.75) is 50.6 Å². The number of carbonyl (C=O) groups is 3. The molecule has 0 aromatic heterocycles. The monoisotopic (exact) mass is 455 g/mol. The first-order valence-electron chi connectivity index (χ1n) is 12.3. The third-order valence-corrected chi connectivity index (χ3v) is 7.47. The molecular formula is C25H37N5O3. The van der Waals surface area contributed by atoms with Crippen LogP contribution in [0.25, 0.3) is 0 Å². The largest absolute Gasteiger partial charge is 0.354 e. The van der Waals surface area contributed by atoms with E-state index in [4.69, 9.17) is 0 Å². The van der Waals surface area contributed by atoms with Crippen LogP contribution < -0.4 is 5.32 Å². The van der Waals surface area contributed by atoms with Gasteiger partial charge in [-0.25, -0.2) is 4.79 Å². The van der Waals surface area contributed by atoms with Gasteiger partial charge in [-0.2, -0.15) is 0 Å². The van der Waals surface area contributed by atoms with E-state index in [0.717, 1.165) is 69.9 Å². The fraction of sp³-hybridized carbons (Fsp3) is 0.640. The molecule has 1 saturated carbocycles. The number of hydrogen-bond donors (Lipinski definition) is 1. The van der Waals surface area contributed by atoms with Crippen molar-refractivity contribution in [3.63, 3.8) is 0 Å². The molecule has 4 amide bonds. The van der Waals surface area contributed by atoms with Crippen molar-refractivity contribution < 1.29 is 14.4 Å². The lowest BCUT2D eigenvalue weighted by atomic mass is 9.81. The lowest BCUT2D eigenvalue weighted by Gasteiger charge is -2.35. The minimum absolute atomic E-state index is 0.179. The topological polar surface area (TPSA) is 76.2 Å². The van der Waals surface area contributed by atoms with E-state index in [9.17, 15) is 14.4 Å². The van der Waals surface area contributed by atoms with Gasteiger partial charge >= 0.3 is 6.03 Å². The van der Waals surface area contributed by atoms with Crippen LogP contribution in [0.4, 0.5) is 4.79 Å². The lowest BCUT2D eigenvalue weighted by molar-refractivity contribution is -0.137. The van der Waals surface area contributed by atoms with Gasteiger partial charge in [-0.3, -0.25) is 19.4 Å². The van der Waals surface area contributed by atoms with E-state index >= 15 is 0 Å². The molecule has 1 aliphatic carbocycles. The second-order valence-electron chi connectivity index (χ2n) is 9.63. The van der Waals surface area contributed by atoms with Gasteiger partial charge in [-0.1, -0.05) is 49.6 Å². The van der Waals surface area contributed by atoms with Crippen molar-refractivity contribution >= 4 is 17.8 Å². The molecule has 0 radical (unpaired) electrons. The number of piperazine rings is 1. The number of likely N-dealkylation sites (N-methyl/N-ethyl adjacent to an activating group) is 1. The Kier molecular flexibility index (Phi) is 7.65. The van der Waals surface area contributed by atoms with Gasteiger partial charge in [0.15, 0.2) is 0 Å². The zero-order valence-electron chi connectivity index (χ0n) is 19.8. The molecule has 1 N–H and O–H groups in total. The maximum Gasteiger partial charge on any atom is 0.327 e. The molecule has 2 heterocycles. The number of rotatable bonds is 8. The van der Waals surface area contributed by atoms with E-state index < -0.39 is 5.54 Å². The summed E-state index contributed by atoms with van der Waals surface area (Å²) in [5, 5.41) is 2.90. The van der Waals surface area contributed by atoms with Gasteiger partial charge in [-0.05, 0) is 31.4 Å². The molecule has 1 aromatic rings. The first kappa shape index (κ1) is 23.7. The molecule has 1 spiro atoms. The molecular weight excluding hydrogens is 418 g/mol. The third kappa shape index (κ3) is 5.38. The molecule has 0 unspecified atom stereocenters. The molecule has 8 heteroatoms. The minimum atomic E-state index is -0.724.